The van der Waals surface area contributed by atoms with Gasteiger partial charge >= 0.3 is 11.9 Å². The maximum atomic E-state index is 10.7. The lowest BCUT2D eigenvalue weighted by Crippen LogP contribution is -2.10. The van der Waals surface area contributed by atoms with Crippen LogP contribution in [0.4, 0.5) is 0 Å². The molecule has 0 spiro atoms. The first-order chi connectivity index (χ1) is 8.10. The molecule has 0 saturated heterocycles. The lowest BCUT2D eigenvalue weighted by atomic mass is 10.4. The van der Waals surface area contributed by atoms with Crippen LogP contribution in [0.25, 0.3) is 0 Å². The second-order valence-electron chi connectivity index (χ2n) is 3.21. The van der Waals surface area contributed by atoms with Crippen molar-refractivity contribution in [3.8, 4) is 0 Å². The molecule has 0 bridgehead atoms. The molecule has 0 atom stereocenters. The summed E-state index contributed by atoms with van der Waals surface area (Å²) in [6.45, 7) is 4.40. The Morgan fingerprint density at radius 2 is 2.06 bits per heavy atom. The van der Waals surface area contributed by atoms with Crippen molar-refractivity contribution in [2.24, 2.45) is 0 Å². The van der Waals surface area contributed by atoms with Gasteiger partial charge in [0.1, 0.15) is 13.0 Å². The molecule has 0 radical (unpaired) electrons. The zero-order valence-electron chi connectivity index (χ0n) is 10.0. The Bertz CT molecular complexity index is 322. The smallest absolute Gasteiger partial charge is 0.317 e. The number of carboxylic acids is 1. The summed E-state index contributed by atoms with van der Waals surface area (Å²) in [5, 5.41) is 9.96. The van der Waals surface area contributed by atoms with Crippen molar-refractivity contribution in [1.29, 1.82) is 0 Å². The molecular weight excluding hydrogens is 242 g/mol. The van der Waals surface area contributed by atoms with Gasteiger partial charge in [-0.05, 0) is 0 Å². The van der Waals surface area contributed by atoms with E-state index in [1.807, 2.05) is 0 Å². The first kappa shape index (κ1) is 15.6. The summed E-state index contributed by atoms with van der Waals surface area (Å²) in [4.78, 5) is 24.6. The number of aliphatic carboxylic acids is 1. The number of hydrogen-bond acceptors (Lipinski definition) is 5. The molecule has 5 nitrogen and oxygen atoms in total. The number of rotatable bonds is 5. The van der Waals surface area contributed by atoms with E-state index in [-0.39, 0.29) is 6.61 Å². The average Bonchev–Trinajstić information content (AvgIpc) is 2.79. The number of hydrogen-bond donors (Lipinski definition) is 1. The van der Waals surface area contributed by atoms with E-state index in [0.717, 1.165) is 0 Å². The molecule has 0 amide bonds. The summed E-state index contributed by atoms with van der Waals surface area (Å²) in [5.41, 5.74) is 2.24. The molecule has 1 rings (SSSR count). The SMILES string of the molecule is CCCC.O=C(O)CC(=O)OCc1cscn1. The van der Waals surface area contributed by atoms with Crippen molar-refractivity contribution in [3.63, 3.8) is 0 Å². The number of ether oxygens (including phenoxy) is 1. The molecule has 96 valence electrons. The van der Waals surface area contributed by atoms with Crippen LogP contribution in [0.2, 0.25) is 0 Å². The van der Waals surface area contributed by atoms with Crippen LogP contribution in [-0.2, 0) is 20.9 Å². The maximum Gasteiger partial charge on any atom is 0.317 e. The minimum Gasteiger partial charge on any atom is -0.481 e. The summed E-state index contributed by atoms with van der Waals surface area (Å²) in [6.07, 6.45) is 2.03. The number of carbonyl (C=O) groups excluding carboxylic acids is 1. The highest BCUT2D eigenvalue weighted by molar-refractivity contribution is 7.07. The lowest BCUT2D eigenvalue weighted by Gasteiger charge is -1.99. The molecule has 1 N–H and O–H groups in total. The molecular formula is C11H17NO4S. The van der Waals surface area contributed by atoms with E-state index in [1.165, 1.54) is 24.2 Å². The highest BCUT2D eigenvalue weighted by Gasteiger charge is 2.08. The quantitative estimate of drug-likeness (QED) is 0.649. The first-order valence-electron chi connectivity index (χ1n) is 5.34. The minimum atomic E-state index is -1.19. The third kappa shape index (κ3) is 9.50. The summed E-state index contributed by atoms with van der Waals surface area (Å²) < 4.78 is 4.62. The van der Waals surface area contributed by atoms with Gasteiger partial charge in [-0.2, -0.15) is 0 Å². The van der Waals surface area contributed by atoms with Gasteiger partial charge in [-0.25, -0.2) is 4.98 Å². The molecule has 0 aliphatic heterocycles. The lowest BCUT2D eigenvalue weighted by molar-refractivity contribution is -0.152. The zero-order valence-corrected chi connectivity index (χ0v) is 10.8. The number of thiazole rings is 1. The van der Waals surface area contributed by atoms with E-state index in [2.05, 4.69) is 23.6 Å². The summed E-state index contributed by atoms with van der Waals surface area (Å²) in [6, 6.07) is 0. The Morgan fingerprint density at radius 3 is 2.47 bits per heavy atom. The fourth-order valence-corrected chi connectivity index (χ4v) is 1.18. The van der Waals surface area contributed by atoms with Gasteiger partial charge in [-0.15, -0.1) is 11.3 Å². The number of esters is 1. The Hall–Kier alpha value is -1.43. The van der Waals surface area contributed by atoms with Crippen molar-refractivity contribution >= 4 is 23.3 Å². The van der Waals surface area contributed by atoms with Gasteiger partial charge in [0.05, 0.1) is 11.2 Å². The van der Waals surface area contributed by atoms with Crippen molar-refractivity contribution < 1.29 is 19.4 Å². The molecule has 0 aliphatic rings. The van der Waals surface area contributed by atoms with Gasteiger partial charge in [0.2, 0.25) is 0 Å². The van der Waals surface area contributed by atoms with Crippen LogP contribution in [0, 0.1) is 0 Å². The van der Waals surface area contributed by atoms with E-state index < -0.39 is 18.4 Å². The Kier molecular flexibility index (Phi) is 8.95. The number of nitrogens with zero attached hydrogens (tertiary/aromatic N) is 1. The molecule has 0 fully saturated rings. The van der Waals surface area contributed by atoms with Crippen LogP contribution in [-0.4, -0.2) is 22.0 Å². The third-order valence-electron chi connectivity index (χ3n) is 1.66. The van der Waals surface area contributed by atoms with E-state index in [1.54, 1.807) is 10.9 Å². The second-order valence-corrected chi connectivity index (χ2v) is 3.93. The van der Waals surface area contributed by atoms with Crippen LogP contribution in [0.3, 0.4) is 0 Å². The summed E-state index contributed by atoms with van der Waals surface area (Å²) >= 11 is 1.39. The number of aromatic nitrogens is 1. The summed E-state index contributed by atoms with van der Waals surface area (Å²) in [5.74, 6) is -1.94. The van der Waals surface area contributed by atoms with Crippen LogP contribution in [0.5, 0.6) is 0 Å². The molecule has 1 aromatic heterocycles. The van der Waals surface area contributed by atoms with Gasteiger partial charge in [0.15, 0.2) is 0 Å². The number of carboxylic acid groups (broad SMARTS) is 1. The zero-order chi connectivity index (χ0) is 13.1. The van der Waals surface area contributed by atoms with E-state index >= 15 is 0 Å². The molecule has 1 heterocycles. The highest BCUT2D eigenvalue weighted by atomic mass is 32.1. The fraction of sp³-hybridized carbons (Fsp3) is 0.545. The van der Waals surface area contributed by atoms with Gasteiger partial charge in [-0.3, -0.25) is 9.59 Å². The molecule has 6 heteroatoms. The fourth-order valence-electron chi connectivity index (χ4n) is 0.638. The van der Waals surface area contributed by atoms with Gasteiger partial charge < -0.3 is 9.84 Å². The van der Waals surface area contributed by atoms with Crippen molar-refractivity contribution in [1.82, 2.24) is 4.98 Å². The molecule has 1 aromatic rings. The predicted molar refractivity (Wildman–Crippen MR) is 64.7 cm³/mol. The first-order valence-corrected chi connectivity index (χ1v) is 6.28. The summed E-state index contributed by atoms with van der Waals surface area (Å²) in [7, 11) is 0. The molecule has 17 heavy (non-hydrogen) atoms. The average molecular weight is 259 g/mol. The maximum absolute atomic E-state index is 10.7. The topological polar surface area (TPSA) is 76.5 Å². The minimum absolute atomic E-state index is 0.0373. The van der Waals surface area contributed by atoms with Gasteiger partial charge in [0.25, 0.3) is 0 Å². The van der Waals surface area contributed by atoms with Crippen molar-refractivity contribution in [2.45, 2.75) is 39.7 Å². The van der Waals surface area contributed by atoms with Crippen LogP contribution < -0.4 is 0 Å². The highest BCUT2D eigenvalue weighted by Crippen LogP contribution is 2.02. The molecule has 0 aromatic carbocycles. The second kappa shape index (κ2) is 9.77. The largest absolute Gasteiger partial charge is 0.481 e. The van der Waals surface area contributed by atoms with Crippen LogP contribution in [0.1, 0.15) is 38.8 Å². The molecule has 0 unspecified atom stereocenters. The molecule has 0 saturated carbocycles. The van der Waals surface area contributed by atoms with Crippen molar-refractivity contribution in [2.75, 3.05) is 0 Å². The third-order valence-corrected chi connectivity index (χ3v) is 2.30. The van der Waals surface area contributed by atoms with Crippen LogP contribution in [0.15, 0.2) is 10.9 Å². The Morgan fingerprint density at radius 1 is 1.41 bits per heavy atom. The van der Waals surface area contributed by atoms with Crippen LogP contribution >= 0.6 is 11.3 Å². The number of carbonyl (C=O) groups is 2. The Labute approximate surface area is 104 Å². The molecule has 0 aliphatic carbocycles. The van der Waals surface area contributed by atoms with E-state index in [4.69, 9.17) is 5.11 Å². The monoisotopic (exact) mass is 259 g/mol. The normalized spacial score (nSPS) is 9.06. The number of unbranched alkanes of at least 4 members (excludes halogenated alkanes) is 1. The Balaban J connectivity index is 0.000000557. The van der Waals surface area contributed by atoms with Gasteiger partial charge in [0, 0.05) is 5.38 Å². The van der Waals surface area contributed by atoms with Gasteiger partial charge in [-0.1, -0.05) is 26.7 Å². The van der Waals surface area contributed by atoms with E-state index in [9.17, 15) is 9.59 Å². The van der Waals surface area contributed by atoms with Crippen molar-refractivity contribution in [3.05, 3.63) is 16.6 Å². The van der Waals surface area contributed by atoms with E-state index in [0.29, 0.717) is 5.69 Å². The predicted octanol–water partition coefficient (Wildman–Crippen LogP) is 2.47. The standard InChI is InChI=1S/C7H7NO4S.C4H10/c9-6(10)1-7(11)12-2-5-3-13-4-8-5;1-3-4-2/h3-4H,1-2H2,(H,9,10);3-4H2,1-2H3.